The van der Waals surface area contributed by atoms with E-state index in [0.29, 0.717) is 27.3 Å². The van der Waals surface area contributed by atoms with E-state index in [1.165, 1.54) is 11.8 Å². The lowest BCUT2D eigenvalue weighted by Gasteiger charge is -2.11. The Morgan fingerprint density at radius 2 is 1.71 bits per heavy atom. The topological polar surface area (TPSA) is 83.6 Å². The molecule has 1 aromatic heterocycles. The molecule has 0 unspecified atom stereocenters. The number of nitrogens with zero attached hydrogens (tertiary/aromatic N) is 4. The zero-order valence-corrected chi connectivity index (χ0v) is 17.8. The van der Waals surface area contributed by atoms with Crippen LogP contribution in [0.2, 0.25) is 5.02 Å². The summed E-state index contributed by atoms with van der Waals surface area (Å²) in [5, 5.41) is 21.6. The van der Waals surface area contributed by atoms with Gasteiger partial charge in [-0.3, -0.25) is 9.36 Å². The average Bonchev–Trinajstić information content (AvgIpc) is 3.23. The van der Waals surface area contributed by atoms with Gasteiger partial charge in [-0.15, -0.1) is 10.2 Å². The van der Waals surface area contributed by atoms with Crippen LogP contribution in [-0.4, -0.2) is 26.4 Å². The molecule has 0 bridgehead atoms. The summed E-state index contributed by atoms with van der Waals surface area (Å²) >= 11 is 7.34. The fourth-order valence-electron chi connectivity index (χ4n) is 2.92. The zero-order valence-electron chi connectivity index (χ0n) is 16.2. The summed E-state index contributed by atoms with van der Waals surface area (Å²) < 4.78 is 1.91. The third kappa shape index (κ3) is 4.94. The number of carbonyl (C=O) groups excluding carboxylic acids is 1. The molecule has 0 saturated carbocycles. The highest BCUT2D eigenvalue weighted by molar-refractivity contribution is 7.99. The maximum Gasteiger partial charge on any atom is 0.234 e. The summed E-state index contributed by atoms with van der Waals surface area (Å²) in [5.74, 6) is 0.653. The lowest BCUT2D eigenvalue weighted by atomic mass is 10.2. The summed E-state index contributed by atoms with van der Waals surface area (Å²) in [6.45, 7) is 0. The average molecular weight is 446 g/mol. The molecule has 4 rings (SSSR count). The molecule has 1 N–H and O–H groups in total. The van der Waals surface area contributed by atoms with Crippen LogP contribution in [0.25, 0.3) is 17.1 Å². The Morgan fingerprint density at radius 1 is 1.00 bits per heavy atom. The van der Waals surface area contributed by atoms with Gasteiger partial charge in [-0.1, -0.05) is 53.7 Å². The van der Waals surface area contributed by atoms with Crippen LogP contribution in [0.1, 0.15) is 5.56 Å². The van der Waals surface area contributed by atoms with E-state index in [1.54, 1.807) is 36.4 Å². The van der Waals surface area contributed by atoms with Gasteiger partial charge in [0, 0.05) is 22.0 Å². The monoisotopic (exact) mass is 445 g/mol. The highest BCUT2D eigenvalue weighted by Crippen LogP contribution is 2.28. The van der Waals surface area contributed by atoms with Crippen molar-refractivity contribution in [3.63, 3.8) is 0 Å². The van der Waals surface area contributed by atoms with Gasteiger partial charge < -0.3 is 5.32 Å². The summed E-state index contributed by atoms with van der Waals surface area (Å²) in [6.07, 6.45) is 0. The summed E-state index contributed by atoms with van der Waals surface area (Å²) in [4.78, 5) is 12.4. The highest BCUT2D eigenvalue weighted by Gasteiger charge is 2.17. The number of halogens is 1. The number of thioether (sulfide) groups is 1. The molecule has 0 spiro atoms. The third-order valence-corrected chi connectivity index (χ3v) is 5.56. The number of rotatable bonds is 6. The molecule has 0 aliphatic heterocycles. The molecule has 8 heteroatoms. The molecular weight excluding hydrogens is 430 g/mol. The van der Waals surface area contributed by atoms with Gasteiger partial charge in [0.15, 0.2) is 11.0 Å². The Balaban J connectivity index is 1.56. The first-order chi connectivity index (χ1) is 15.1. The Hall–Kier alpha value is -3.60. The number of nitrogens with one attached hydrogen (secondary N) is 1. The molecule has 31 heavy (non-hydrogen) atoms. The largest absolute Gasteiger partial charge is 0.325 e. The van der Waals surface area contributed by atoms with Crippen LogP contribution in [0.15, 0.2) is 84.0 Å². The minimum absolute atomic E-state index is 0.153. The van der Waals surface area contributed by atoms with Crippen molar-refractivity contribution < 1.29 is 4.79 Å². The number of hydrogen-bond donors (Lipinski definition) is 1. The first kappa shape index (κ1) is 20.7. The Kier molecular flexibility index (Phi) is 6.32. The fourth-order valence-corrected chi connectivity index (χ4v) is 3.79. The molecule has 152 valence electrons. The Bertz CT molecular complexity index is 1230. The van der Waals surface area contributed by atoms with Crippen molar-refractivity contribution in [3.05, 3.63) is 89.4 Å². The van der Waals surface area contributed by atoms with E-state index in [9.17, 15) is 4.79 Å². The predicted molar refractivity (Wildman–Crippen MR) is 122 cm³/mol. The van der Waals surface area contributed by atoms with Gasteiger partial charge >= 0.3 is 0 Å². The lowest BCUT2D eigenvalue weighted by molar-refractivity contribution is -0.113. The second-order valence-electron chi connectivity index (χ2n) is 6.51. The highest BCUT2D eigenvalue weighted by atomic mass is 35.5. The maximum absolute atomic E-state index is 12.4. The lowest BCUT2D eigenvalue weighted by Crippen LogP contribution is -2.14. The molecule has 0 fully saturated rings. The van der Waals surface area contributed by atoms with Crippen molar-refractivity contribution in [2.45, 2.75) is 5.16 Å². The smallest absolute Gasteiger partial charge is 0.234 e. The van der Waals surface area contributed by atoms with Crippen LogP contribution >= 0.6 is 23.4 Å². The molecule has 3 aromatic carbocycles. The molecule has 4 aromatic rings. The van der Waals surface area contributed by atoms with Crippen molar-refractivity contribution in [3.8, 4) is 23.1 Å². The van der Waals surface area contributed by atoms with Crippen LogP contribution in [0.5, 0.6) is 0 Å². The number of carbonyl (C=O) groups is 1. The number of nitriles is 1. The number of anilines is 1. The molecule has 0 radical (unpaired) electrons. The molecule has 6 nitrogen and oxygen atoms in total. The quantitative estimate of drug-likeness (QED) is 0.413. The molecular formula is C23H16ClN5OS. The van der Waals surface area contributed by atoms with Crippen LogP contribution in [0.3, 0.4) is 0 Å². The second-order valence-corrected chi connectivity index (χ2v) is 7.89. The van der Waals surface area contributed by atoms with E-state index in [1.807, 2.05) is 47.0 Å². The molecule has 0 aliphatic rings. The van der Waals surface area contributed by atoms with Crippen molar-refractivity contribution in [1.29, 1.82) is 5.26 Å². The van der Waals surface area contributed by atoms with Gasteiger partial charge in [-0.2, -0.15) is 5.26 Å². The first-order valence-corrected chi connectivity index (χ1v) is 10.7. The van der Waals surface area contributed by atoms with Gasteiger partial charge in [0.2, 0.25) is 5.91 Å². The second kappa shape index (κ2) is 9.47. The third-order valence-electron chi connectivity index (χ3n) is 4.38. The zero-order chi connectivity index (χ0) is 21.6. The normalized spacial score (nSPS) is 10.5. The number of hydrogen-bond acceptors (Lipinski definition) is 5. The fraction of sp³-hybridized carbons (Fsp3) is 0.0435. The van der Waals surface area contributed by atoms with E-state index < -0.39 is 0 Å². The Labute approximate surface area is 188 Å². The summed E-state index contributed by atoms with van der Waals surface area (Å²) in [5.41, 5.74) is 2.94. The SMILES string of the molecule is N#Cc1ccc(NC(=O)CSc2nnc(-c3ccccc3)n2-c2ccc(Cl)cc2)cc1. The number of amides is 1. The molecule has 1 amide bonds. The van der Waals surface area contributed by atoms with Crippen molar-refractivity contribution in [2.24, 2.45) is 0 Å². The molecule has 0 saturated heterocycles. The van der Waals surface area contributed by atoms with Crippen LogP contribution < -0.4 is 5.32 Å². The minimum Gasteiger partial charge on any atom is -0.325 e. The molecule has 0 aliphatic carbocycles. The maximum atomic E-state index is 12.4. The summed E-state index contributed by atoms with van der Waals surface area (Å²) in [7, 11) is 0. The van der Waals surface area contributed by atoms with E-state index >= 15 is 0 Å². The summed E-state index contributed by atoms with van der Waals surface area (Å²) in [6, 6.07) is 25.9. The first-order valence-electron chi connectivity index (χ1n) is 9.33. The van der Waals surface area contributed by atoms with Crippen molar-refractivity contribution in [1.82, 2.24) is 14.8 Å². The van der Waals surface area contributed by atoms with E-state index in [2.05, 4.69) is 21.6 Å². The van der Waals surface area contributed by atoms with Crippen LogP contribution in [-0.2, 0) is 4.79 Å². The standard InChI is InChI=1S/C23H16ClN5OS/c24-18-8-12-20(13-9-18)29-22(17-4-2-1-3-5-17)27-28-23(29)31-15-21(30)26-19-10-6-16(14-25)7-11-19/h1-13H,15H2,(H,26,30). The molecule has 0 atom stereocenters. The van der Waals surface area contributed by atoms with Crippen molar-refractivity contribution >= 4 is 35.0 Å². The van der Waals surface area contributed by atoms with Crippen molar-refractivity contribution in [2.75, 3.05) is 11.1 Å². The van der Waals surface area contributed by atoms with Gasteiger partial charge in [0.25, 0.3) is 0 Å². The van der Waals surface area contributed by atoms with Gasteiger partial charge in [0.05, 0.1) is 17.4 Å². The van der Waals surface area contributed by atoms with Gasteiger partial charge in [-0.05, 0) is 48.5 Å². The number of aromatic nitrogens is 3. The van der Waals surface area contributed by atoms with Gasteiger partial charge in [0.1, 0.15) is 0 Å². The minimum atomic E-state index is -0.179. The van der Waals surface area contributed by atoms with Crippen LogP contribution in [0, 0.1) is 11.3 Å². The van der Waals surface area contributed by atoms with Crippen LogP contribution in [0.4, 0.5) is 5.69 Å². The van der Waals surface area contributed by atoms with E-state index in [-0.39, 0.29) is 11.7 Å². The number of benzene rings is 3. The molecule has 1 heterocycles. The van der Waals surface area contributed by atoms with Gasteiger partial charge in [-0.25, -0.2) is 0 Å². The van der Waals surface area contributed by atoms with E-state index in [4.69, 9.17) is 16.9 Å². The van der Waals surface area contributed by atoms with E-state index in [0.717, 1.165) is 11.3 Å². The predicted octanol–water partition coefficient (Wildman–Crippen LogP) is 5.19. The Morgan fingerprint density at radius 3 is 2.39 bits per heavy atom.